The monoisotopic (exact) mass is 407 g/mol. The molecule has 6 nitrogen and oxygen atoms in total. The molecule has 2 aromatic heterocycles. The van der Waals surface area contributed by atoms with E-state index in [1.165, 1.54) is 18.3 Å². The number of fused-ring (bicyclic) bond motifs is 1. The Morgan fingerprint density at radius 3 is 2.64 bits per heavy atom. The fourth-order valence-corrected chi connectivity index (χ4v) is 4.57. The minimum Gasteiger partial charge on any atom is -0.318 e. The number of rotatable bonds is 4. The zero-order valence-corrected chi connectivity index (χ0v) is 16.9. The summed E-state index contributed by atoms with van der Waals surface area (Å²) in [7, 11) is 1.97. The highest BCUT2D eigenvalue weighted by molar-refractivity contribution is 7.16. The highest BCUT2D eigenvalue weighted by Gasteiger charge is 2.17. The van der Waals surface area contributed by atoms with Gasteiger partial charge in [-0.05, 0) is 24.3 Å². The zero-order chi connectivity index (χ0) is 19.5. The molecule has 0 saturated carbocycles. The SMILES string of the molecule is CC(=O)N(c1ccccc1)c1nc(/C=N\N=c2\sc3ccccc3n2C)cs1. The largest absolute Gasteiger partial charge is 0.318 e. The lowest BCUT2D eigenvalue weighted by Gasteiger charge is -2.17. The van der Waals surface area contributed by atoms with E-state index in [1.807, 2.05) is 59.5 Å². The molecule has 1 amide bonds. The molecular weight excluding hydrogens is 390 g/mol. The molecular formula is C20H17N5OS2. The van der Waals surface area contributed by atoms with Crippen LogP contribution in [0.1, 0.15) is 12.6 Å². The molecule has 0 radical (unpaired) electrons. The number of hydrogen-bond donors (Lipinski definition) is 0. The van der Waals surface area contributed by atoms with E-state index >= 15 is 0 Å². The standard InChI is InChI=1S/C20H17N5OS2/c1-14(26)25(16-8-4-3-5-9-16)19-22-15(13-27-19)12-21-23-20-24(2)17-10-6-7-11-18(17)28-20/h3-13H,1-2H3/b21-12-,23-20+. The second-order valence-electron chi connectivity index (χ2n) is 6.00. The van der Waals surface area contributed by atoms with Crippen molar-refractivity contribution in [1.82, 2.24) is 9.55 Å². The van der Waals surface area contributed by atoms with Gasteiger partial charge in [-0.25, -0.2) is 4.98 Å². The number of nitrogens with zero attached hydrogens (tertiary/aromatic N) is 5. The first-order chi connectivity index (χ1) is 13.6. The fourth-order valence-electron chi connectivity index (χ4n) is 2.76. The normalized spacial score (nSPS) is 12.1. The number of anilines is 2. The minimum atomic E-state index is -0.0916. The van der Waals surface area contributed by atoms with Gasteiger partial charge in [-0.15, -0.1) is 16.4 Å². The molecule has 0 aliphatic rings. The van der Waals surface area contributed by atoms with Crippen molar-refractivity contribution in [1.29, 1.82) is 0 Å². The molecule has 0 saturated heterocycles. The van der Waals surface area contributed by atoms with Crippen LogP contribution in [0.2, 0.25) is 0 Å². The van der Waals surface area contributed by atoms with E-state index in [-0.39, 0.29) is 5.91 Å². The summed E-state index contributed by atoms with van der Waals surface area (Å²) in [5.41, 5.74) is 2.57. The maximum atomic E-state index is 12.1. The number of carbonyl (C=O) groups is 1. The Hall–Kier alpha value is -3.10. The van der Waals surface area contributed by atoms with Gasteiger partial charge in [0, 0.05) is 19.4 Å². The van der Waals surface area contributed by atoms with E-state index < -0.39 is 0 Å². The van der Waals surface area contributed by atoms with Crippen molar-refractivity contribution in [2.24, 2.45) is 17.3 Å². The van der Waals surface area contributed by atoms with E-state index in [0.29, 0.717) is 10.8 Å². The van der Waals surface area contributed by atoms with Crippen LogP contribution in [0.25, 0.3) is 10.2 Å². The molecule has 0 unspecified atom stereocenters. The summed E-state index contributed by atoms with van der Waals surface area (Å²) in [5, 5.41) is 11.0. The number of benzene rings is 2. The molecule has 140 valence electrons. The van der Waals surface area contributed by atoms with Crippen LogP contribution in [0.15, 0.2) is 70.2 Å². The molecule has 4 rings (SSSR count). The highest BCUT2D eigenvalue weighted by Crippen LogP contribution is 2.28. The van der Waals surface area contributed by atoms with Crippen molar-refractivity contribution in [2.75, 3.05) is 4.90 Å². The molecule has 0 spiro atoms. The highest BCUT2D eigenvalue weighted by atomic mass is 32.1. The molecule has 0 aliphatic carbocycles. The first-order valence-corrected chi connectivity index (χ1v) is 10.3. The Morgan fingerprint density at radius 1 is 1.14 bits per heavy atom. The predicted octanol–water partition coefficient (Wildman–Crippen LogP) is 4.32. The summed E-state index contributed by atoms with van der Waals surface area (Å²) in [4.78, 5) is 19.0. The number of hydrogen-bond acceptors (Lipinski definition) is 6. The maximum Gasteiger partial charge on any atom is 0.230 e. The number of aromatic nitrogens is 2. The summed E-state index contributed by atoms with van der Waals surface area (Å²) in [6.45, 7) is 1.53. The Labute approximate surface area is 169 Å². The lowest BCUT2D eigenvalue weighted by molar-refractivity contribution is -0.115. The summed E-state index contributed by atoms with van der Waals surface area (Å²) < 4.78 is 3.17. The zero-order valence-electron chi connectivity index (χ0n) is 15.3. The quantitative estimate of drug-likeness (QED) is 0.374. The molecule has 0 fully saturated rings. The molecule has 2 aromatic carbocycles. The molecule has 2 heterocycles. The van der Waals surface area contributed by atoms with Gasteiger partial charge in [0.1, 0.15) is 0 Å². The van der Waals surface area contributed by atoms with Crippen LogP contribution in [0.5, 0.6) is 0 Å². The van der Waals surface area contributed by atoms with Gasteiger partial charge in [0.05, 0.1) is 27.8 Å². The van der Waals surface area contributed by atoms with Gasteiger partial charge >= 0.3 is 0 Å². The van der Waals surface area contributed by atoms with Crippen molar-refractivity contribution in [3.05, 3.63) is 70.5 Å². The number of amides is 1. The van der Waals surface area contributed by atoms with Crippen molar-refractivity contribution in [3.8, 4) is 0 Å². The van der Waals surface area contributed by atoms with Crippen LogP contribution in [0.4, 0.5) is 10.8 Å². The summed E-state index contributed by atoms with van der Waals surface area (Å²) in [5.74, 6) is -0.0916. The third-order valence-corrected chi connectivity index (χ3v) is 6.03. The molecule has 8 heteroatoms. The molecule has 0 N–H and O–H groups in total. The summed E-state index contributed by atoms with van der Waals surface area (Å²) in [6.07, 6.45) is 1.60. The minimum absolute atomic E-state index is 0.0916. The lowest BCUT2D eigenvalue weighted by atomic mass is 10.3. The Morgan fingerprint density at radius 2 is 1.89 bits per heavy atom. The number of thiazole rings is 2. The average molecular weight is 408 g/mol. The van der Waals surface area contributed by atoms with E-state index in [1.54, 1.807) is 22.5 Å². The van der Waals surface area contributed by atoms with Gasteiger partial charge < -0.3 is 4.57 Å². The fraction of sp³-hybridized carbons (Fsp3) is 0.100. The number of para-hydroxylation sites is 2. The first-order valence-electron chi connectivity index (χ1n) is 8.56. The van der Waals surface area contributed by atoms with Gasteiger partial charge in [0.2, 0.25) is 10.7 Å². The Kier molecular flexibility index (Phi) is 5.14. The van der Waals surface area contributed by atoms with E-state index in [4.69, 9.17) is 0 Å². The first kappa shape index (κ1) is 18.3. The van der Waals surface area contributed by atoms with Gasteiger partial charge in [-0.2, -0.15) is 5.10 Å². The Balaban J connectivity index is 1.60. The Bertz CT molecular complexity index is 1220. The molecule has 0 atom stereocenters. The number of carbonyl (C=O) groups excluding carboxylic acids is 1. The van der Waals surface area contributed by atoms with Crippen LogP contribution in [0, 0.1) is 0 Å². The van der Waals surface area contributed by atoms with Crippen LogP contribution >= 0.6 is 22.7 Å². The van der Waals surface area contributed by atoms with Crippen LogP contribution in [-0.2, 0) is 11.8 Å². The van der Waals surface area contributed by atoms with Crippen LogP contribution in [0.3, 0.4) is 0 Å². The van der Waals surface area contributed by atoms with Crippen molar-refractivity contribution >= 4 is 55.8 Å². The smallest absolute Gasteiger partial charge is 0.230 e. The van der Waals surface area contributed by atoms with Gasteiger partial charge in [-0.1, -0.05) is 41.7 Å². The second-order valence-corrected chi connectivity index (χ2v) is 7.85. The lowest BCUT2D eigenvalue weighted by Crippen LogP contribution is -2.22. The average Bonchev–Trinajstić information content (AvgIpc) is 3.28. The van der Waals surface area contributed by atoms with Crippen LogP contribution < -0.4 is 9.70 Å². The summed E-state index contributed by atoms with van der Waals surface area (Å²) >= 11 is 2.97. The van der Waals surface area contributed by atoms with E-state index in [2.05, 4.69) is 27.3 Å². The van der Waals surface area contributed by atoms with Crippen LogP contribution in [-0.4, -0.2) is 21.7 Å². The van der Waals surface area contributed by atoms with Gasteiger partial charge in [0.25, 0.3) is 0 Å². The summed E-state index contributed by atoms with van der Waals surface area (Å²) in [6, 6.07) is 17.6. The van der Waals surface area contributed by atoms with Gasteiger partial charge in [0.15, 0.2) is 5.13 Å². The van der Waals surface area contributed by atoms with Crippen molar-refractivity contribution < 1.29 is 4.79 Å². The third-order valence-electron chi connectivity index (χ3n) is 4.08. The van der Waals surface area contributed by atoms with E-state index in [0.717, 1.165) is 20.7 Å². The van der Waals surface area contributed by atoms with E-state index in [9.17, 15) is 4.79 Å². The predicted molar refractivity (Wildman–Crippen MR) is 115 cm³/mol. The molecule has 0 bridgehead atoms. The molecule has 0 aliphatic heterocycles. The molecule has 4 aromatic rings. The third kappa shape index (κ3) is 3.64. The molecule has 28 heavy (non-hydrogen) atoms. The van der Waals surface area contributed by atoms with Gasteiger partial charge in [-0.3, -0.25) is 9.69 Å². The maximum absolute atomic E-state index is 12.1. The topological polar surface area (TPSA) is 62.9 Å². The number of aryl methyl sites for hydroxylation is 1. The van der Waals surface area contributed by atoms with Crippen molar-refractivity contribution in [2.45, 2.75) is 6.92 Å². The second kappa shape index (κ2) is 7.87. The van der Waals surface area contributed by atoms with Crippen molar-refractivity contribution in [3.63, 3.8) is 0 Å².